The third-order valence-corrected chi connectivity index (χ3v) is 5.35. The maximum atomic E-state index is 13.0. The van der Waals surface area contributed by atoms with E-state index in [2.05, 4.69) is 5.10 Å². The topological polar surface area (TPSA) is 60.1 Å². The highest BCUT2D eigenvalue weighted by Gasteiger charge is 2.42. The van der Waals surface area contributed by atoms with Gasteiger partial charge in [-0.05, 0) is 43.9 Å². The van der Waals surface area contributed by atoms with Crippen LogP contribution in [0.25, 0.3) is 21.9 Å². The number of hydrogen-bond acceptors (Lipinski definition) is 2. The Labute approximate surface area is 147 Å². The van der Waals surface area contributed by atoms with E-state index < -0.39 is 18.1 Å². The lowest BCUT2D eigenvalue weighted by molar-refractivity contribution is -0.183. The fraction of sp³-hybridized carbons (Fsp3) is 0.444. The standard InChI is InChI=1S/C18H18F3N3O2/c1-23-9-15-16(22-23)13-8-10(17(25)26)2-7-14(13)24(15)12-5-3-11(4-6-12)18(19,20)21/h2,7-9,11-12H,3-6H2,1H3,(H,25,26). The van der Waals surface area contributed by atoms with Gasteiger partial charge in [-0.3, -0.25) is 4.68 Å². The molecule has 26 heavy (non-hydrogen) atoms. The lowest BCUT2D eigenvalue weighted by atomic mass is 9.85. The number of aryl methyl sites for hydroxylation is 1. The molecule has 0 radical (unpaired) electrons. The monoisotopic (exact) mass is 365 g/mol. The largest absolute Gasteiger partial charge is 0.478 e. The molecule has 3 aromatic rings. The van der Waals surface area contributed by atoms with E-state index >= 15 is 0 Å². The summed E-state index contributed by atoms with van der Waals surface area (Å²) in [6, 6.07) is 4.80. The molecule has 0 saturated heterocycles. The summed E-state index contributed by atoms with van der Waals surface area (Å²) in [6.45, 7) is 0. The van der Waals surface area contributed by atoms with Crippen molar-refractivity contribution in [3.8, 4) is 0 Å². The number of nitrogens with zero attached hydrogens (tertiary/aromatic N) is 3. The van der Waals surface area contributed by atoms with Crippen molar-refractivity contribution >= 4 is 27.9 Å². The van der Waals surface area contributed by atoms with Crippen LogP contribution in [-0.4, -0.2) is 31.6 Å². The van der Waals surface area contributed by atoms with E-state index in [1.807, 2.05) is 10.8 Å². The van der Waals surface area contributed by atoms with Crippen LogP contribution >= 0.6 is 0 Å². The molecule has 1 aliphatic carbocycles. The minimum Gasteiger partial charge on any atom is -0.478 e. The number of halogens is 3. The number of carbonyl (C=O) groups is 1. The molecule has 138 valence electrons. The Morgan fingerprint density at radius 1 is 1.19 bits per heavy atom. The summed E-state index contributed by atoms with van der Waals surface area (Å²) < 4.78 is 42.6. The lowest BCUT2D eigenvalue weighted by Crippen LogP contribution is -2.28. The first-order valence-corrected chi connectivity index (χ1v) is 8.53. The zero-order valence-corrected chi connectivity index (χ0v) is 14.1. The van der Waals surface area contributed by atoms with Gasteiger partial charge in [0, 0.05) is 24.7 Å². The van der Waals surface area contributed by atoms with Crippen molar-refractivity contribution in [2.45, 2.75) is 37.9 Å². The summed E-state index contributed by atoms with van der Waals surface area (Å²) in [4.78, 5) is 11.3. The van der Waals surface area contributed by atoms with E-state index in [0.717, 1.165) is 16.4 Å². The third-order valence-electron chi connectivity index (χ3n) is 5.35. The predicted octanol–water partition coefficient (Wildman–Crippen LogP) is 4.52. The Kier molecular flexibility index (Phi) is 3.75. The highest BCUT2D eigenvalue weighted by atomic mass is 19.4. The summed E-state index contributed by atoms with van der Waals surface area (Å²) >= 11 is 0. The Bertz CT molecular complexity index is 995. The van der Waals surface area contributed by atoms with E-state index in [0.29, 0.717) is 18.4 Å². The second-order valence-electron chi connectivity index (χ2n) is 6.99. The molecule has 1 saturated carbocycles. The smallest absolute Gasteiger partial charge is 0.391 e. The van der Waals surface area contributed by atoms with Crippen LogP contribution in [0.15, 0.2) is 24.4 Å². The first-order chi connectivity index (χ1) is 12.3. The molecule has 1 aromatic carbocycles. The van der Waals surface area contributed by atoms with Gasteiger partial charge in [0.15, 0.2) is 0 Å². The Morgan fingerprint density at radius 3 is 2.50 bits per heavy atom. The van der Waals surface area contributed by atoms with Crippen LogP contribution in [0.3, 0.4) is 0 Å². The van der Waals surface area contributed by atoms with Gasteiger partial charge in [0.25, 0.3) is 0 Å². The van der Waals surface area contributed by atoms with Gasteiger partial charge in [-0.1, -0.05) is 0 Å². The minimum atomic E-state index is -4.14. The number of alkyl halides is 3. The third kappa shape index (κ3) is 2.64. The second kappa shape index (κ2) is 5.75. The van der Waals surface area contributed by atoms with Crippen LogP contribution in [0.4, 0.5) is 13.2 Å². The number of benzene rings is 1. The van der Waals surface area contributed by atoms with Crippen molar-refractivity contribution in [2.24, 2.45) is 13.0 Å². The van der Waals surface area contributed by atoms with E-state index in [4.69, 9.17) is 0 Å². The zero-order chi connectivity index (χ0) is 18.6. The van der Waals surface area contributed by atoms with Gasteiger partial charge in [0.2, 0.25) is 0 Å². The molecule has 1 fully saturated rings. The normalized spacial score (nSPS) is 21.5. The highest BCUT2D eigenvalue weighted by Crippen LogP contribution is 2.43. The average molecular weight is 365 g/mol. The Balaban J connectivity index is 1.80. The first kappa shape index (κ1) is 16.9. The molecule has 8 heteroatoms. The van der Waals surface area contributed by atoms with Gasteiger partial charge in [0.1, 0.15) is 5.52 Å². The van der Waals surface area contributed by atoms with Crippen LogP contribution in [0.1, 0.15) is 42.1 Å². The van der Waals surface area contributed by atoms with Crippen molar-refractivity contribution in [3.63, 3.8) is 0 Å². The molecular weight excluding hydrogens is 347 g/mol. The molecule has 1 aliphatic rings. The van der Waals surface area contributed by atoms with Crippen molar-refractivity contribution < 1.29 is 23.1 Å². The number of rotatable bonds is 2. The molecule has 2 heterocycles. The van der Waals surface area contributed by atoms with Gasteiger partial charge in [-0.25, -0.2) is 4.79 Å². The molecular formula is C18H18F3N3O2. The summed E-state index contributed by atoms with van der Waals surface area (Å²) in [6.07, 6.45) is -1.18. The lowest BCUT2D eigenvalue weighted by Gasteiger charge is -2.31. The van der Waals surface area contributed by atoms with Crippen molar-refractivity contribution in [1.82, 2.24) is 14.3 Å². The van der Waals surface area contributed by atoms with Crippen molar-refractivity contribution in [1.29, 1.82) is 0 Å². The number of hydrogen-bond donors (Lipinski definition) is 1. The molecule has 5 nitrogen and oxygen atoms in total. The first-order valence-electron chi connectivity index (χ1n) is 8.53. The molecule has 4 rings (SSSR count). The van der Waals surface area contributed by atoms with E-state index in [1.54, 1.807) is 23.9 Å². The molecule has 2 aromatic heterocycles. The summed E-state index contributed by atoms with van der Waals surface area (Å²) in [5, 5.41) is 14.4. The molecule has 0 aliphatic heterocycles. The highest BCUT2D eigenvalue weighted by molar-refractivity contribution is 6.08. The molecule has 0 amide bonds. The van der Waals surface area contributed by atoms with Crippen molar-refractivity contribution in [2.75, 3.05) is 0 Å². The number of aromatic carboxylic acids is 1. The van der Waals surface area contributed by atoms with Gasteiger partial charge in [-0.2, -0.15) is 18.3 Å². The summed E-state index contributed by atoms with van der Waals surface area (Å²) in [7, 11) is 1.78. The van der Waals surface area contributed by atoms with Crippen LogP contribution in [0.5, 0.6) is 0 Å². The zero-order valence-electron chi connectivity index (χ0n) is 14.1. The number of carboxylic acids is 1. The Hall–Kier alpha value is -2.51. The maximum absolute atomic E-state index is 13.0. The van der Waals surface area contributed by atoms with Gasteiger partial charge in [-0.15, -0.1) is 0 Å². The van der Waals surface area contributed by atoms with Crippen molar-refractivity contribution in [3.05, 3.63) is 30.0 Å². The second-order valence-corrected chi connectivity index (χ2v) is 6.99. The Morgan fingerprint density at radius 2 is 1.88 bits per heavy atom. The predicted molar refractivity (Wildman–Crippen MR) is 90.2 cm³/mol. The number of fused-ring (bicyclic) bond motifs is 3. The molecule has 1 N–H and O–H groups in total. The average Bonchev–Trinajstić information content (AvgIpc) is 3.08. The van der Waals surface area contributed by atoms with Crippen LogP contribution in [0.2, 0.25) is 0 Å². The fourth-order valence-corrected chi connectivity index (χ4v) is 4.10. The maximum Gasteiger partial charge on any atom is 0.391 e. The van der Waals surface area contributed by atoms with E-state index in [1.165, 1.54) is 6.07 Å². The van der Waals surface area contributed by atoms with Gasteiger partial charge < -0.3 is 9.67 Å². The SMILES string of the molecule is Cn1cc2c(n1)c1cc(C(=O)O)ccc1n2C1CCC(C(F)(F)F)CC1. The van der Waals surface area contributed by atoms with Crippen LogP contribution < -0.4 is 0 Å². The van der Waals surface area contributed by atoms with E-state index in [9.17, 15) is 23.1 Å². The summed E-state index contributed by atoms with van der Waals surface area (Å²) in [5.74, 6) is -2.25. The number of carboxylic acid groups (broad SMARTS) is 1. The fourth-order valence-electron chi connectivity index (χ4n) is 4.10. The number of aromatic nitrogens is 3. The summed E-state index contributed by atoms with van der Waals surface area (Å²) in [5.41, 5.74) is 2.51. The van der Waals surface area contributed by atoms with Gasteiger partial charge >= 0.3 is 12.1 Å². The molecule has 0 atom stereocenters. The van der Waals surface area contributed by atoms with Gasteiger partial charge in [0.05, 0.1) is 22.5 Å². The molecule has 0 unspecified atom stereocenters. The quantitative estimate of drug-likeness (QED) is 0.726. The van der Waals surface area contributed by atoms with Crippen LogP contribution in [0, 0.1) is 5.92 Å². The van der Waals surface area contributed by atoms with Crippen LogP contribution in [-0.2, 0) is 7.05 Å². The van der Waals surface area contributed by atoms with E-state index in [-0.39, 0.29) is 24.4 Å². The molecule has 0 spiro atoms. The minimum absolute atomic E-state index is 0.0477. The molecule has 0 bridgehead atoms.